The second-order valence-electron chi connectivity index (χ2n) is 6.91. The summed E-state index contributed by atoms with van der Waals surface area (Å²) in [5.74, 6) is 1.07. The van der Waals surface area contributed by atoms with Crippen molar-refractivity contribution in [1.82, 2.24) is 15.0 Å². The summed E-state index contributed by atoms with van der Waals surface area (Å²) in [7, 11) is 0. The normalized spacial score (nSPS) is 10.8. The molecule has 0 unspecified atom stereocenters. The molecule has 0 fully saturated rings. The number of amides is 1. The number of hydrogen-bond acceptors (Lipinski definition) is 5. The van der Waals surface area contributed by atoms with E-state index in [0.717, 1.165) is 16.6 Å². The van der Waals surface area contributed by atoms with Gasteiger partial charge in [-0.2, -0.15) is 0 Å². The first-order valence-electron chi connectivity index (χ1n) is 10.3. The molecule has 31 heavy (non-hydrogen) atoms. The number of para-hydroxylation sites is 1. The Morgan fingerprint density at radius 3 is 2.52 bits per heavy atom. The molecule has 0 saturated carbocycles. The molecule has 1 amide bonds. The minimum absolute atomic E-state index is 0.215. The summed E-state index contributed by atoms with van der Waals surface area (Å²) < 4.78 is 13.0. The van der Waals surface area contributed by atoms with Crippen LogP contribution < -0.4 is 14.8 Å². The maximum absolute atomic E-state index is 12.8. The van der Waals surface area contributed by atoms with Crippen LogP contribution >= 0.6 is 0 Å². The van der Waals surface area contributed by atoms with Crippen molar-refractivity contribution in [3.8, 4) is 11.5 Å². The van der Waals surface area contributed by atoms with Gasteiger partial charge in [0.25, 0.3) is 5.91 Å². The first-order valence-corrected chi connectivity index (χ1v) is 10.3. The first-order chi connectivity index (χ1) is 15.2. The fourth-order valence-electron chi connectivity index (χ4n) is 3.31. The van der Waals surface area contributed by atoms with E-state index >= 15 is 0 Å². The highest BCUT2D eigenvalue weighted by Crippen LogP contribution is 2.30. The average molecular weight is 416 g/mol. The molecule has 3 aromatic carbocycles. The quantitative estimate of drug-likeness (QED) is 0.457. The first kappa shape index (κ1) is 20.4. The largest absolute Gasteiger partial charge is 0.494 e. The molecule has 7 heteroatoms. The molecule has 1 aromatic heterocycles. The van der Waals surface area contributed by atoms with Gasteiger partial charge < -0.3 is 14.8 Å². The van der Waals surface area contributed by atoms with Crippen molar-refractivity contribution < 1.29 is 14.3 Å². The Balaban J connectivity index is 1.49. The number of ether oxygens (including phenoxy) is 2. The molecule has 4 rings (SSSR count). The molecule has 158 valence electrons. The second-order valence-corrected chi connectivity index (χ2v) is 6.91. The van der Waals surface area contributed by atoms with Gasteiger partial charge in [0.05, 0.1) is 31.0 Å². The van der Waals surface area contributed by atoms with Crippen molar-refractivity contribution in [2.45, 2.75) is 20.4 Å². The zero-order chi connectivity index (χ0) is 21.6. The van der Waals surface area contributed by atoms with Gasteiger partial charge in [0.2, 0.25) is 0 Å². The summed E-state index contributed by atoms with van der Waals surface area (Å²) >= 11 is 0. The number of aromatic nitrogens is 3. The Bertz CT molecular complexity index is 1190. The van der Waals surface area contributed by atoms with Crippen molar-refractivity contribution in [1.29, 1.82) is 0 Å². The SMILES string of the molecule is CCOc1ccc(OCC)c(NC(=O)c2ccc(Cn3nnc4ccccc43)cc2)c1. The van der Waals surface area contributed by atoms with E-state index in [1.54, 1.807) is 24.3 Å². The molecule has 0 radical (unpaired) electrons. The van der Waals surface area contributed by atoms with Crippen molar-refractivity contribution in [2.75, 3.05) is 18.5 Å². The number of carbonyl (C=O) groups excluding carboxylic acids is 1. The molecular formula is C24H24N4O3. The van der Waals surface area contributed by atoms with E-state index in [2.05, 4.69) is 15.6 Å². The van der Waals surface area contributed by atoms with Gasteiger partial charge in [0.1, 0.15) is 17.0 Å². The number of nitrogens with zero attached hydrogens (tertiary/aromatic N) is 3. The summed E-state index contributed by atoms with van der Waals surface area (Å²) in [5, 5.41) is 11.3. The molecule has 0 saturated heterocycles. The van der Waals surface area contributed by atoms with Crippen molar-refractivity contribution >= 4 is 22.6 Å². The third kappa shape index (κ3) is 4.66. The van der Waals surface area contributed by atoms with E-state index in [4.69, 9.17) is 9.47 Å². The number of benzene rings is 3. The fourth-order valence-corrected chi connectivity index (χ4v) is 3.31. The van der Waals surface area contributed by atoms with Gasteiger partial charge in [-0.05, 0) is 55.8 Å². The molecule has 0 bridgehead atoms. The highest BCUT2D eigenvalue weighted by molar-refractivity contribution is 6.05. The Kier molecular flexibility index (Phi) is 6.12. The predicted octanol–water partition coefficient (Wildman–Crippen LogP) is 4.53. The Hall–Kier alpha value is -3.87. The van der Waals surface area contributed by atoms with Gasteiger partial charge in [-0.1, -0.05) is 29.5 Å². The lowest BCUT2D eigenvalue weighted by Crippen LogP contribution is -2.13. The van der Waals surface area contributed by atoms with E-state index in [0.29, 0.717) is 42.5 Å². The molecule has 4 aromatic rings. The van der Waals surface area contributed by atoms with Crippen LogP contribution in [0.25, 0.3) is 11.0 Å². The summed E-state index contributed by atoms with van der Waals surface area (Å²) in [6.45, 7) is 5.44. The molecule has 7 nitrogen and oxygen atoms in total. The van der Waals surface area contributed by atoms with E-state index in [9.17, 15) is 4.79 Å². The molecule has 0 atom stereocenters. The van der Waals surface area contributed by atoms with E-state index < -0.39 is 0 Å². The summed E-state index contributed by atoms with van der Waals surface area (Å²) in [6, 6.07) is 20.7. The van der Waals surface area contributed by atoms with Gasteiger partial charge in [-0.25, -0.2) is 4.68 Å². The third-order valence-electron chi connectivity index (χ3n) is 4.78. The Labute approximate surface area is 180 Å². The van der Waals surface area contributed by atoms with Crippen LogP contribution in [-0.4, -0.2) is 34.1 Å². The van der Waals surface area contributed by atoms with E-state index in [1.165, 1.54) is 0 Å². The Morgan fingerprint density at radius 1 is 0.968 bits per heavy atom. The topological polar surface area (TPSA) is 78.3 Å². The lowest BCUT2D eigenvalue weighted by atomic mass is 10.1. The lowest BCUT2D eigenvalue weighted by molar-refractivity contribution is 0.102. The van der Waals surface area contributed by atoms with Gasteiger partial charge in [-0.15, -0.1) is 5.10 Å². The number of anilines is 1. The van der Waals surface area contributed by atoms with Crippen molar-refractivity contribution in [3.63, 3.8) is 0 Å². The number of hydrogen-bond donors (Lipinski definition) is 1. The predicted molar refractivity (Wildman–Crippen MR) is 120 cm³/mol. The molecule has 0 aliphatic heterocycles. The van der Waals surface area contributed by atoms with Crippen LogP contribution in [0.5, 0.6) is 11.5 Å². The number of carbonyl (C=O) groups is 1. The Morgan fingerprint density at radius 2 is 1.74 bits per heavy atom. The van der Waals surface area contributed by atoms with Gasteiger partial charge >= 0.3 is 0 Å². The number of fused-ring (bicyclic) bond motifs is 1. The minimum Gasteiger partial charge on any atom is -0.494 e. The highest BCUT2D eigenvalue weighted by atomic mass is 16.5. The van der Waals surface area contributed by atoms with Crippen LogP contribution in [0.1, 0.15) is 29.8 Å². The molecule has 0 spiro atoms. The zero-order valence-electron chi connectivity index (χ0n) is 17.5. The maximum atomic E-state index is 12.8. The van der Waals surface area contributed by atoms with E-state index in [-0.39, 0.29) is 5.91 Å². The molecule has 1 heterocycles. The molecular weight excluding hydrogens is 392 g/mol. The van der Waals surface area contributed by atoms with Crippen molar-refractivity contribution in [2.24, 2.45) is 0 Å². The van der Waals surface area contributed by atoms with Crippen LogP contribution in [0.3, 0.4) is 0 Å². The zero-order valence-corrected chi connectivity index (χ0v) is 17.5. The smallest absolute Gasteiger partial charge is 0.255 e. The molecule has 1 N–H and O–H groups in total. The summed E-state index contributed by atoms with van der Waals surface area (Å²) in [4.78, 5) is 12.8. The standard InChI is InChI=1S/C24H24N4O3/c1-3-30-19-13-14-23(31-4-2)21(15-19)25-24(29)18-11-9-17(10-12-18)16-28-22-8-6-5-7-20(22)26-27-28/h5-15H,3-4,16H2,1-2H3,(H,25,29). The summed E-state index contributed by atoms with van der Waals surface area (Å²) in [6.07, 6.45) is 0. The second kappa shape index (κ2) is 9.30. The molecule has 0 aliphatic carbocycles. The minimum atomic E-state index is -0.215. The monoisotopic (exact) mass is 416 g/mol. The van der Waals surface area contributed by atoms with Gasteiger partial charge in [0.15, 0.2) is 0 Å². The average Bonchev–Trinajstić information content (AvgIpc) is 3.19. The van der Waals surface area contributed by atoms with Crippen LogP contribution in [-0.2, 0) is 6.54 Å². The third-order valence-corrected chi connectivity index (χ3v) is 4.78. The maximum Gasteiger partial charge on any atom is 0.255 e. The lowest BCUT2D eigenvalue weighted by Gasteiger charge is -2.14. The summed E-state index contributed by atoms with van der Waals surface area (Å²) in [5.41, 5.74) is 3.99. The van der Waals surface area contributed by atoms with Gasteiger partial charge in [-0.3, -0.25) is 4.79 Å². The van der Waals surface area contributed by atoms with E-state index in [1.807, 2.05) is 61.0 Å². The fraction of sp³-hybridized carbons (Fsp3) is 0.208. The van der Waals surface area contributed by atoms with Crippen molar-refractivity contribution in [3.05, 3.63) is 77.9 Å². The van der Waals surface area contributed by atoms with Gasteiger partial charge in [0, 0.05) is 11.6 Å². The molecule has 0 aliphatic rings. The van der Waals surface area contributed by atoms with Crippen LogP contribution in [0.4, 0.5) is 5.69 Å². The van der Waals surface area contributed by atoms with Crippen LogP contribution in [0, 0.1) is 0 Å². The number of nitrogens with one attached hydrogen (secondary N) is 1. The number of rotatable bonds is 8. The van der Waals surface area contributed by atoms with Crippen LogP contribution in [0.2, 0.25) is 0 Å². The highest BCUT2D eigenvalue weighted by Gasteiger charge is 2.12. The van der Waals surface area contributed by atoms with Crippen LogP contribution in [0.15, 0.2) is 66.7 Å².